The standard InChI is InChI=1S/C16H19N5.C8H9FS/c1-11-6-12(7-17-11)10-21-5-4-15-16(21)3-2-14(20-15)13-8-18-19-9-13;9-8-4-2-1-3-7(8)5-6-10/h2-5,8-9,11-12,17H,6-7,10H2,1H3,(H,18,19);1-4,10H,5-6H2. The normalized spacial score (nSPS) is 18.2. The molecule has 31 heavy (non-hydrogen) atoms. The van der Waals surface area contributed by atoms with E-state index in [0.29, 0.717) is 24.1 Å². The van der Waals surface area contributed by atoms with Gasteiger partial charge in [0.15, 0.2) is 0 Å². The lowest BCUT2D eigenvalue weighted by atomic mass is 10.1. The lowest BCUT2D eigenvalue weighted by Gasteiger charge is -2.11. The second kappa shape index (κ2) is 10.1. The molecule has 7 heteroatoms. The maximum atomic E-state index is 12.7. The molecule has 162 valence electrons. The highest BCUT2D eigenvalue weighted by Crippen LogP contribution is 2.23. The first-order chi connectivity index (χ1) is 15.1. The molecule has 1 saturated heterocycles. The number of halogens is 1. The SMILES string of the molecule is CC1CC(Cn2ccc3nc(-c4cn[nH]c4)ccc32)CN1.Fc1ccccc1CCS. The van der Waals surface area contributed by atoms with Crippen molar-refractivity contribution >= 4 is 23.7 Å². The van der Waals surface area contributed by atoms with Crippen molar-refractivity contribution in [2.45, 2.75) is 32.4 Å². The molecule has 5 nitrogen and oxygen atoms in total. The van der Waals surface area contributed by atoms with Crippen LogP contribution in [-0.2, 0) is 13.0 Å². The second-order valence-corrected chi connectivity index (χ2v) is 8.48. The van der Waals surface area contributed by atoms with Crippen molar-refractivity contribution in [3.05, 3.63) is 72.4 Å². The Labute approximate surface area is 187 Å². The molecule has 2 unspecified atom stereocenters. The third-order valence-electron chi connectivity index (χ3n) is 5.65. The number of nitrogens with zero attached hydrogens (tertiary/aromatic N) is 3. The van der Waals surface area contributed by atoms with E-state index in [1.165, 1.54) is 18.0 Å². The van der Waals surface area contributed by atoms with Gasteiger partial charge in [0.05, 0.1) is 22.9 Å². The fourth-order valence-electron chi connectivity index (χ4n) is 4.06. The van der Waals surface area contributed by atoms with Crippen molar-refractivity contribution in [2.24, 2.45) is 5.92 Å². The van der Waals surface area contributed by atoms with Gasteiger partial charge in [0.2, 0.25) is 0 Å². The van der Waals surface area contributed by atoms with E-state index in [1.54, 1.807) is 18.3 Å². The first-order valence-corrected chi connectivity index (χ1v) is 11.3. The van der Waals surface area contributed by atoms with Gasteiger partial charge in [-0.25, -0.2) is 9.37 Å². The van der Waals surface area contributed by atoms with Gasteiger partial charge in [-0.1, -0.05) is 18.2 Å². The Kier molecular flexibility index (Phi) is 7.04. The fraction of sp³-hybridized carbons (Fsp3) is 0.333. The zero-order valence-electron chi connectivity index (χ0n) is 17.6. The summed E-state index contributed by atoms with van der Waals surface area (Å²) in [7, 11) is 0. The van der Waals surface area contributed by atoms with E-state index in [0.717, 1.165) is 35.4 Å². The summed E-state index contributed by atoms with van der Waals surface area (Å²) in [4.78, 5) is 4.73. The summed E-state index contributed by atoms with van der Waals surface area (Å²) in [6, 6.07) is 13.8. The van der Waals surface area contributed by atoms with Crippen LogP contribution in [0.1, 0.15) is 18.9 Å². The summed E-state index contributed by atoms with van der Waals surface area (Å²) < 4.78 is 15.1. The average molecular weight is 438 g/mol. The molecule has 4 aromatic rings. The van der Waals surface area contributed by atoms with E-state index in [9.17, 15) is 4.39 Å². The van der Waals surface area contributed by atoms with Crippen molar-refractivity contribution in [1.29, 1.82) is 0 Å². The number of fused-ring (bicyclic) bond motifs is 1. The Morgan fingerprint density at radius 2 is 2.06 bits per heavy atom. The first kappa shape index (κ1) is 21.6. The van der Waals surface area contributed by atoms with Gasteiger partial charge in [-0.3, -0.25) is 5.10 Å². The van der Waals surface area contributed by atoms with Crippen LogP contribution in [0.15, 0.2) is 61.1 Å². The number of hydrogen-bond donors (Lipinski definition) is 3. The lowest BCUT2D eigenvalue weighted by molar-refractivity contribution is 0.483. The van der Waals surface area contributed by atoms with Crippen molar-refractivity contribution in [3.63, 3.8) is 0 Å². The van der Waals surface area contributed by atoms with Crippen LogP contribution in [0.4, 0.5) is 4.39 Å². The number of benzene rings is 1. The summed E-state index contributed by atoms with van der Waals surface area (Å²) in [5.74, 6) is 1.28. The van der Waals surface area contributed by atoms with Gasteiger partial charge in [0, 0.05) is 30.5 Å². The monoisotopic (exact) mass is 437 g/mol. The van der Waals surface area contributed by atoms with Crippen LogP contribution < -0.4 is 5.32 Å². The predicted octanol–water partition coefficient (Wildman–Crippen LogP) is 4.72. The van der Waals surface area contributed by atoms with Gasteiger partial charge in [-0.2, -0.15) is 17.7 Å². The van der Waals surface area contributed by atoms with Gasteiger partial charge in [0.25, 0.3) is 0 Å². The number of aromatic nitrogens is 4. The number of hydrogen-bond acceptors (Lipinski definition) is 4. The number of rotatable bonds is 5. The molecule has 1 aliphatic rings. The van der Waals surface area contributed by atoms with Crippen LogP contribution in [0.5, 0.6) is 0 Å². The van der Waals surface area contributed by atoms with E-state index in [1.807, 2.05) is 12.3 Å². The molecule has 0 spiro atoms. The number of aromatic amines is 1. The Hall–Kier alpha value is -2.64. The predicted molar refractivity (Wildman–Crippen MR) is 127 cm³/mol. The van der Waals surface area contributed by atoms with E-state index < -0.39 is 0 Å². The maximum Gasteiger partial charge on any atom is 0.126 e. The number of thiol groups is 1. The number of nitrogens with one attached hydrogen (secondary N) is 2. The summed E-state index contributed by atoms with van der Waals surface area (Å²) in [6.45, 7) is 4.43. The molecule has 0 radical (unpaired) electrons. The molecule has 0 bridgehead atoms. The Morgan fingerprint density at radius 1 is 1.19 bits per heavy atom. The van der Waals surface area contributed by atoms with Gasteiger partial charge in [-0.15, -0.1) is 0 Å². The minimum Gasteiger partial charge on any atom is -0.346 e. The molecule has 0 amide bonds. The molecular formula is C24H28FN5S. The molecular weight excluding hydrogens is 409 g/mol. The van der Waals surface area contributed by atoms with Crippen molar-refractivity contribution in [2.75, 3.05) is 12.3 Å². The van der Waals surface area contributed by atoms with Crippen LogP contribution in [-0.4, -0.2) is 38.1 Å². The maximum absolute atomic E-state index is 12.7. The number of aryl methyl sites for hydroxylation is 1. The largest absolute Gasteiger partial charge is 0.346 e. The highest BCUT2D eigenvalue weighted by molar-refractivity contribution is 7.80. The smallest absolute Gasteiger partial charge is 0.126 e. The van der Waals surface area contributed by atoms with Crippen LogP contribution in [0.2, 0.25) is 0 Å². The minimum absolute atomic E-state index is 0.128. The molecule has 2 atom stereocenters. The molecule has 1 aliphatic heterocycles. The Bertz CT molecular complexity index is 1110. The zero-order valence-corrected chi connectivity index (χ0v) is 18.5. The fourth-order valence-corrected chi connectivity index (χ4v) is 4.30. The first-order valence-electron chi connectivity index (χ1n) is 10.7. The van der Waals surface area contributed by atoms with E-state index in [-0.39, 0.29) is 5.82 Å². The van der Waals surface area contributed by atoms with Crippen LogP contribution in [0, 0.1) is 11.7 Å². The van der Waals surface area contributed by atoms with E-state index in [2.05, 4.69) is 64.0 Å². The van der Waals surface area contributed by atoms with Gasteiger partial charge < -0.3 is 9.88 Å². The number of pyridine rings is 1. The lowest BCUT2D eigenvalue weighted by Crippen LogP contribution is -2.17. The molecule has 0 aliphatic carbocycles. The second-order valence-electron chi connectivity index (χ2n) is 8.03. The van der Waals surface area contributed by atoms with E-state index >= 15 is 0 Å². The summed E-state index contributed by atoms with van der Waals surface area (Å²) in [5.41, 5.74) is 5.00. The molecule has 1 fully saturated rings. The molecule has 2 N–H and O–H groups in total. The molecule has 1 aromatic carbocycles. The summed E-state index contributed by atoms with van der Waals surface area (Å²) in [6.07, 6.45) is 7.78. The van der Waals surface area contributed by atoms with Crippen molar-refractivity contribution in [3.8, 4) is 11.3 Å². The highest BCUT2D eigenvalue weighted by Gasteiger charge is 2.21. The molecule has 0 saturated carbocycles. The minimum atomic E-state index is -0.128. The van der Waals surface area contributed by atoms with Crippen LogP contribution >= 0.6 is 12.6 Å². The van der Waals surface area contributed by atoms with Crippen LogP contribution in [0.3, 0.4) is 0 Å². The third kappa shape index (κ3) is 5.35. The van der Waals surface area contributed by atoms with Gasteiger partial charge >= 0.3 is 0 Å². The average Bonchev–Trinajstić information content (AvgIpc) is 3.52. The van der Waals surface area contributed by atoms with Gasteiger partial charge in [0.1, 0.15) is 5.82 Å². The third-order valence-corrected chi connectivity index (χ3v) is 5.88. The topological polar surface area (TPSA) is 58.5 Å². The molecule has 5 rings (SSSR count). The Balaban J connectivity index is 0.000000196. The highest BCUT2D eigenvalue weighted by atomic mass is 32.1. The Morgan fingerprint density at radius 3 is 2.77 bits per heavy atom. The van der Waals surface area contributed by atoms with Crippen molar-refractivity contribution in [1.82, 2.24) is 25.1 Å². The molecule has 4 heterocycles. The molecule has 3 aromatic heterocycles. The van der Waals surface area contributed by atoms with E-state index in [4.69, 9.17) is 4.98 Å². The quantitative estimate of drug-likeness (QED) is 0.396. The summed E-state index contributed by atoms with van der Waals surface area (Å²) >= 11 is 4.01. The van der Waals surface area contributed by atoms with Gasteiger partial charge in [-0.05, 0) is 67.8 Å². The number of H-pyrrole nitrogens is 1. The zero-order chi connectivity index (χ0) is 21.6. The van der Waals surface area contributed by atoms with Crippen LogP contribution in [0.25, 0.3) is 22.3 Å². The van der Waals surface area contributed by atoms with Crippen molar-refractivity contribution < 1.29 is 4.39 Å². The summed E-state index contributed by atoms with van der Waals surface area (Å²) in [5, 5.41) is 10.3.